The number of nitrogens with one attached hydrogen (secondary N) is 1. The molecule has 0 fully saturated rings. The van der Waals surface area contributed by atoms with Gasteiger partial charge in [-0.25, -0.2) is 0 Å². The number of nitrogens with zero attached hydrogens (tertiary/aromatic N) is 2. The topological polar surface area (TPSA) is 78.9 Å². The highest BCUT2D eigenvalue weighted by molar-refractivity contribution is 5.78. The van der Waals surface area contributed by atoms with Crippen LogP contribution in [0.5, 0.6) is 0 Å². The minimum Gasteiger partial charge on any atom is -0.364 e. The lowest BCUT2D eigenvalue weighted by atomic mass is 10.1. The summed E-state index contributed by atoms with van der Waals surface area (Å²) < 4.78 is 4.66. The van der Waals surface area contributed by atoms with Crippen LogP contribution in [0.3, 0.4) is 0 Å². The van der Waals surface area contributed by atoms with Crippen LogP contribution in [-0.2, 0) is 17.8 Å². The fourth-order valence-corrected chi connectivity index (χ4v) is 1.46. The molecule has 1 aromatic heterocycles. The summed E-state index contributed by atoms with van der Waals surface area (Å²) in [5.74, 6) is -0.0947. The van der Waals surface area contributed by atoms with Crippen molar-refractivity contribution >= 4 is 5.91 Å². The van der Waals surface area contributed by atoms with Crippen LogP contribution in [0.25, 0.3) is 0 Å². The first kappa shape index (κ1) is 11.9. The van der Waals surface area contributed by atoms with Crippen molar-refractivity contribution in [2.75, 3.05) is 0 Å². The Morgan fingerprint density at radius 3 is 2.72 bits per heavy atom. The average molecular weight is 241 g/mol. The lowest BCUT2D eigenvalue weighted by molar-refractivity contribution is -0.120. The molecule has 18 heavy (non-hydrogen) atoms. The molecule has 0 saturated carbocycles. The minimum atomic E-state index is -0.0947. The molecular formula is C13H11N3O2. The van der Waals surface area contributed by atoms with Crippen LogP contribution in [0.4, 0.5) is 0 Å². The molecular weight excluding hydrogens is 230 g/mol. The molecule has 0 atom stereocenters. The van der Waals surface area contributed by atoms with Gasteiger partial charge in [-0.3, -0.25) is 4.79 Å². The SMILES string of the molecule is N#Cc1ccc(CC(=O)NCc2ccon2)cc1. The molecule has 2 aromatic rings. The number of hydrogen-bond donors (Lipinski definition) is 1. The fraction of sp³-hybridized carbons (Fsp3) is 0.154. The van der Waals surface area contributed by atoms with Crippen molar-refractivity contribution in [1.29, 1.82) is 5.26 Å². The molecule has 5 heteroatoms. The van der Waals surface area contributed by atoms with Crippen molar-refractivity contribution in [3.63, 3.8) is 0 Å². The third-order valence-corrected chi connectivity index (χ3v) is 2.41. The Morgan fingerprint density at radius 2 is 2.11 bits per heavy atom. The van der Waals surface area contributed by atoms with Gasteiger partial charge < -0.3 is 9.84 Å². The summed E-state index contributed by atoms with van der Waals surface area (Å²) in [6.45, 7) is 0.353. The second-order valence-corrected chi connectivity index (χ2v) is 3.75. The molecule has 5 nitrogen and oxygen atoms in total. The summed E-state index contributed by atoms with van der Waals surface area (Å²) in [4.78, 5) is 11.6. The van der Waals surface area contributed by atoms with E-state index in [4.69, 9.17) is 5.26 Å². The van der Waals surface area contributed by atoms with Crippen LogP contribution < -0.4 is 5.32 Å². The highest BCUT2D eigenvalue weighted by Gasteiger charge is 2.04. The maximum absolute atomic E-state index is 11.6. The van der Waals surface area contributed by atoms with Gasteiger partial charge >= 0.3 is 0 Å². The maximum atomic E-state index is 11.6. The Morgan fingerprint density at radius 1 is 1.33 bits per heavy atom. The van der Waals surface area contributed by atoms with Gasteiger partial charge in [-0.15, -0.1) is 0 Å². The second kappa shape index (κ2) is 5.64. The van der Waals surface area contributed by atoms with Gasteiger partial charge in [0, 0.05) is 6.07 Å². The Hall–Kier alpha value is -2.61. The van der Waals surface area contributed by atoms with Gasteiger partial charge in [0.15, 0.2) is 0 Å². The van der Waals surface area contributed by atoms with Crippen molar-refractivity contribution in [2.45, 2.75) is 13.0 Å². The van der Waals surface area contributed by atoms with Gasteiger partial charge in [0.1, 0.15) is 12.0 Å². The number of aromatic nitrogens is 1. The summed E-state index contributed by atoms with van der Waals surface area (Å²) in [6, 6.07) is 10.7. The molecule has 0 radical (unpaired) electrons. The number of hydrogen-bond acceptors (Lipinski definition) is 4. The van der Waals surface area contributed by atoms with E-state index < -0.39 is 0 Å². The Bertz CT molecular complexity index is 553. The quantitative estimate of drug-likeness (QED) is 0.877. The van der Waals surface area contributed by atoms with Crippen molar-refractivity contribution in [1.82, 2.24) is 10.5 Å². The Kier molecular flexibility index (Phi) is 3.72. The fourth-order valence-electron chi connectivity index (χ4n) is 1.46. The number of amides is 1. The molecule has 2 rings (SSSR count). The normalized spacial score (nSPS) is 9.72. The molecule has 0 aliphatic rings. The number of rotatable bonds is 4. The zero-order valence-electron chi connectivity index (χ0n) is 9.59. The molecule has 1 amide bonds. The summed E-state index contributed by atoms with van der Waals surface area (Å²) in [5, 5.41) is 15.1. The van der Waals surface area contributed by atoms with E-state index in [9.17, 15) is 4.79 Å². The average Bonchev–Trinajstić information content (AvgIpc) is 2.90. The van der Waals surface area contributed by atoms with Crippen molar-refractivity contribution in [3.05, 3.63) is 53.4 Å². The van der Waals surface area contributed by atoms with E-state index in [1.807, 2.05) is 6.07 Å². The standard InChI is InChI=1S/C13H11N3O2/c14-8-11-3-1-10(2-4-11)7-13(17)15-9-12-5-6-18-16-12/h1-6H,7,9H2,(H,15,17). The van der Waals surface area contributed by atoms with E-state index in [1.54, 1.807) is 30.3 Å². The van der Waals surface area contributed by atoms with Crippen LogP contribution >= 0.6 is 0 Å². The minimum absolute atomic E-state index is 0.0947. The van der Waals surface area contributed by atoms with E-state index >= 15 is 0 Å². The molecule has 0 unspecified atom stereocenters. The molecule has 90 valence electrons. The highest BCUT2D eigenvalue weighted by Crippen LogP contribution is 2.04. The molecule has 1 N–H and O–H groups in total. The molecule has 1 heterocycles. The van der Waals surface area contributed by atoms with Crippen LogP contribution in [0.2, 0.25) is 0 Å². The number of carbonyl (C=O) groups excluding carboxylic acids is 1. The summed E-state index contributed by atoms with van der Waals surface area (Å²) >= 11 is 0. The molecule has 0 aliphatic heterocycles. The lowest BCUT2D eigenvalue weighted by Gasteiger charge is -2.03. The molecule has 0 saturated heterocycles. The zero-order valence-corrected chi connectivity index (χ0v) is 9.59. The number of nitriles is 1. The lowest BCUT2D eigenvalue weighted by Crippen LogP contribution is -2.24. The van der Waals surface area contributed by atoms with Crippen LogP contribution in [-0.4, -0.2) is 11.1 Å². The predicted octanol–water partition coefficient (Wildman–Crippen LogP) is 1.41. The number of benzene rings is 1. The van der Waals surface area contributed by atoms with E-state index in [1.165, 1.54) is 6.26 Å². The first-order valence-corrected chi connectivity index (χ1v) is 5.43. The van der Waals surface area contributed by atoms with Crippen molar-refractivity contribution in [2.24, 2.45) is 0 Å². The third kappa shape index (κ3) is 3.19. The largest absolute Gasteiger partial charge is 0.364 e. The molecule has 0 bridgehead atoms. The van der Waals surface area contributed by atoms with Gasteiger partial charge in [-0.2, -0.15) is 5.26 Å². The zero-order chi connectivity index (χ0) is 12.8. The van der Waals surface area contributed by atoms with Gasteiger partial charge in [0.25, 0.3) is 0 Å². The highest BCUT2D eigenvalue weighted by atomic mass is 16.5. The van der Waals surface area contributed by atoms with Crippen molar-refractivity contribution in [3.8, 4) is 6.07 Å². The molecule has 0 spiro atoms. The predicted molar refractivity (Wildman–Crippen MR) is 63.2 cm³/mol. The molecule has 0 aliphatic carbocycles. The van der Waals surface area contributed by atoms with Crippen LogP contribution in [0.1, 0.15) is 16.8 Å². The summed E-state index contributed by atoms with van der Waals surface area (Å²) in [7, 11) is 0. The van der Waals surface area contributed by atoms with Gasteiger partial charge in [-0.1, -0.05) is 17.3 Å². The summed E-state index contributed by atoms with van der Waals surface area (Å²) in [6.07, 6.45) is 1.74. The Labute approximate surface area is 104 Å². The summed E-state index contributed by atoms with van der Waals surface area (Å²) in [5.41, 5.74) is 2.14. The van der Waals surface area contributed by atoms with E-state index in [2.05, 4.69) is 15.0 Å². The van der Waals surface area contributed by atoms with Crippen LogP contribution in [0, 0.1) is 11.3 Å². The van der Waals surface area contributed by atoms with Gasteiger partial charge in [0.05, 0.1) is 24.6 Å². The van der Waals surface area contributed by atoms with Gasteiger partial charge in [0.2, 0.25) is 5.91 Å². The second-order valence-electron chi connectivity index (χ2n) is 3.75. The Balaban J connectivity index is 1.85. The van der Waals surface area contributed by atoms with E-state index in [0.29, 0.717) is 17.8 Å². The first-order valence-electron chi connectivity index (χ1n) is 5.43. The first-order chi connectivity index (χ1) is 8.78. The van der Waals surface area contributed by atoms with Crippen molar-refractivity contribution < 1.29 is 9.32 Å². The van der Waals surface area contributed by atoms with E-state index in [-0.39, 0.29) is 12.3 Å². The van der Waals surface area contributed by atoms with Crippen LogP contribution in [0.15, 0.2) is 41.1 Å². The smallest absolute Gasteiger partial charge is 0.224 e. The molecule has 1 aromatic carbocycles. The van der Waals surface area contributed by atoms with Gasteiger partial charge in [-0.05, 0) is 17.7 Å². The monoisotopic (exact) mass is 241 g/mol. The third-order valence-electron chi connectivity index (χ3n) is 2.41. The van der Waals surface area contributed by atoms with E-state index in [0.717, 1.165) is 5.56 Å². The number of carbonyl (C=O) groups is 1. The maximum Gasteiger partial charge on any atom is 0.224 e.